The molecule has 0 radical (unpaired) electrons. The van der Waals surface area contributed by atoms with Gasteiger partial charge in [0.1, 0.15) is 24.4 Å². The van der Waals surface area contributed by atoms with Crippen molar-refractivity contribution in [3.8, 4) is 22.7 Å². The van der Waals surface area contributed by atoms with Gasteiger partial charge in [0.15, 0.2) is 0 Å². The van der Waals surface area contributed by atoms with Crippen molar-refractivity contribution in [3.05, 3.63) is 72.4 Å². The first kappa shape index (κ1) is 46.1. The Morgan fingerprint density at radius 2 is 1.92 bits per heavy atom. The number of amides is 4. The van der Waals surface area contributed by atoms with E-state index in [4.69, 9.17) is 23.9 Å². The van der Waals surface area contributed by atoms with Gasteiger partial charge in [-0.2, -0.15) is 0 Å². The van der Waals surface area contributed by atoms with Crippen LogP contribution in [0.3, 0.4) is 0 Å². The number of cyclic esters (lactones) is 1. The summed E-state index contributed by atoms with van der Waals surface area (Å²) in [4.78, 5) is 81.6. The Kier molecular flexibility index (Phi) is 13.8. The van der Waals surface area contributed by atoms with E-state index in [0.717, 1.165) is 39.0 Å². The van der Waals surface area contributed by atoms with Crippen molar-refractivity contribution in [2.45, 2.75) is 104 Å². The van der Waals surface area contributed by atoms with Crippen molar-refractivity contribution in [3.63, 3.8) is 0 Å². The van der Waals surface area contributed by atoms with Crippen LogP contribution in [0.2, 0.25) is 0 Å². The van der Waals surface area contributed by atoms with Gasteiger partial charge in [0, 0.05) is 80.4 Å². The number of nitrogens with one attached hydrogen (secondary N) is 2. The van der Waals surface area contributed by atoms with Crippen LogP contribution in [0.4, 0.5) is 0 Å². The Bertz CT molecular complexity index is 2420. The van der Waals surface area contributed by atoms with Crippen LogP contribution in [0.25, 0.3) is 33.6 Å². The van der Waals surface area contributed by atoms with Crippen LogP contribution in [0.15, 0.2) is 59.9 Å². The number of nitrogens with zero attached hydrogens (tertiary/aromatic N) is 6. The van der Waals surface area contributed by atoms with Crippen LogP contribution in [0, 0.1) is 17.3 Å². The van der Waals surface area contributed by atoms with Gasteiger partial charge in [-0.15, -0.1) is 0 Å². The minimum atomic E-state index is -1.15. The number of carbonyl (C=O) groups excluding carboxylic acids is 5. The Morgan fingerprint density at radius 3 is 2.64 bits per heavy atom. The molecule has 0 unspecified atom stereocenters. The van der Waals surface area contributed by atoms with Crippen LogP contribution in [0.5, 0.6) is 0 Å². The first-order valence-corrected chi connectivity index (χ1v) is 22.4. The molecule has 1 aromatic carbocycles. The molecule has 0 aliphatic carbocycles. The average molecular weight is 879 g/mol. The zero-order valence-corrected chi connectivity index (χ0v) is 38.3. The molecule has 3 aromatic heterocycles. The number of esters is 1. The normalized spacial score (nSPS) is 21.3. The highest BCUT2D eigenvalue weighted by Crippen LogP contribution is 2.42. The zero-order valence-electron chi connectivity index (χ0n) is 38.3. The lowest BCUT2D eigenvalue weighted by Crippen LogP contribution is -2.62. The number of benzene rings is 1. The first-order chi connectivity index (χ1) is 30.5. The second-order valence-corrected chi connectivity index (χ2v) is 18.4. The number of hydrazine groups is 1. The number of likely N-dealkylation sites (N-methyl/N-ethyl adjacent to an activating group) is 1. The molecule has 4 amide bonds. The molecule has 2 saturated heterocycles. The third kappa shape index (κ3) is 9.34. The second kappa shape index (κ2) is 19.1. The number of likely N-dealkylation sites (tertiary alicyclic amines) is 1. The summed E-state index contributed by atoms with van der Waals surface area (Å²) in [6.45, 7) is 17.2. The van der Waals surface area contributed by atoms with Crippen molar-refractivity contribution in [2.75, 3.05) is 40.4 Å². The molecule has 2 N–H and O–H groups in total. The third-order valence-electron chi connectivity index (χ3n) is 12.8. The summed E-state index contributed by atoms with van der Waals surface area (Å²) < 4.78 is 20.3. The molecule has 3 aliphatic heterocycles. The molecule has 5 atom stereocenters. The van der Waals surface area contributed by atoms with Crippen molar-refractivity contribution >= 4 is 40.5 Å². The number of carbonyl (C=O) groups is 5. The third-order valence-corrected chi connectivity index (χ3v) is 12.8. The topological polar surface area (TPSA) is 181 Å². The molecule has 342 valence electrons. The van der Waals surface area contributed by atoms with E-state index in [1.54, 1.807) is 25.3 Å². The highest BCUT2D eigenvalue weighted by atomic mass is 16.5. The molecule has 6 heterocycles. The number of aryl methyl sites for hydroxylation is 1. The highest BCUT2D eigenvalue weighted by Gasteiger charge is 2.40. The summed E-state index contributed by atoms with van der Waals surface area (Å²) in [5.74, 6) is -2.45. The standard InChI is InChI=1S/C48H62N8O8/c1-10-39(57)54-21-18-31(25-54)45(59)53(8)41(28(3)4)43(58)51-37-23-32-26-63-44(50-32)30-16-17-38-34(22-30)35(42(55(38)11-2)33-14-12-19-49-40(33)29(5)62-9)24-48(6,7)27-64-47(61)36-15-13-20-56(52-36)46(37)60/h10,12,14,16-17,19,22,26,28-29,31,36-37,41,52H,1,11,13,15,18,20-21,23-25,27H2,2-9H3,(H,51,58)/t29-,31-,36-,37-,41-/m0/s1. The Hall–Kier alpha value is -5.87. The first-order valence-electron chi connectivity index (χ1n) is 22.4. The summed E-state index contributed by atoms with van der Waals surface area (Å²) in [6.07, 6.45) is 6.17. The number of fused-ring (bicyclic) bond motifs is 6. The molecule has 3 aliphatic rings. The molecule has 16 nitrogen and oxygen atoms in total. The molecule has 4 aromatic rings. The second-order valence-electron chi connectivity index (χ2n) is 18.4. The van der Waals surface area contributed by atoms with Gasteiger partial charge in [-0.25, -0.2) is 10.4 Å². The Labute approximate surface area is 374 Å². The minimum absolute atomic E-state index is 0.0371. The molecule has 2 fully saturated rings. The fourth-order valence-electron chi connectivity index (χ4n) is 9.47. The lowest BCUT2D eigenvalue weighted by atomic mass is 9.84. The predicted octanol–water partition coefficient (Wildman–Crippen LogP) is 5.25. The molecular weight excluding hydrogens is 817 g/mol. The predicted molar refractivity (Wildman–Crippen MR) is 240 cm³/mol. The monoisotopic (exact) mass is 878 g/mol. The van der Waals surface area contributed by atoms with Crippen molar-refractivity contribution < 1.29 is 37.9 Å². The molecule has 16 heteroatoms. The average Bonchev–Trinajstić information content (AvgIpc) is 4.05. The number of rotatable bonds is 10. The van der Waals surface area contributed by atoms with Crippen molar-refractivity contribution in [2.24, 2.45) is 17.3 Å². The van der Waals surface area contributed by atoms with Gasteiger partial charge in [-0.1, -0.05) is 34.3 Å². The number of aromatic nitrogens is 3. The number of hydrogen-bond acceptors (Lipinski definition) is 11. The van der Waals surface area contributed by atoms with Crippen LogP contribution in [0.1, 0.15) is 83.9 Å². The van der Waals surface area contributed by atoms with E-state index in [9.17, 15) is 24.0 Å². The zero-order chi connectivity index (χ0) is 46.0. The van der Waals surface area contributed by atoms with Gasteiger partial charge < -0.3 is 33.6 Å². The van der Waals surface area contributed by atoms with Crippen LogP contribution in [-0.4, -0.2) is 117 Å². The number of hydrogen-bond donors (Lipinski definition) is 2. The van der Waals surface area contributed by atoms with E-state index in [2.05, 4.69) is 60.9 Å². The van der Waals surface area contributed by atoms with Crippen molar-refractivity contribution in [1.29, 1.82) is 0 Å². The Morgan fingerprint density at radius 1 is 1.14 bits per heavy atom. The largest absolute Gasteiger partial charge is 0.464 e. The van der Waals surface area contributed by atoms with Crippen LogP contribution >= 0.6 is 0 Å². The quantitative estimate of drug-likeness (QED) is 0.157. The van der Waals surface area contributed by atoms with E-state index >= 15 is 0 Å². The van der Waals surface area contributed by atoms with Gasteiger partial charge in [0.25, 0.3) is 5.91 Å². The summed E-state index contributed by atoms with van der Waals surface area (Å²) in [5.41, 5.74) is 8.54. The fraction of sp³-hybridized carbons (Fsp3) is 0.521. The van der Waals surface area contributed by atoms with Gasteiger partial charge in [-0.05, 0) is 87.4 Å². The Balaban J connectivity index is 1.27. The lowest BCUT2D eigenvalue weighted by molar-refractivity contribution is -0.155. The van der Waals surface area contributed by atoms with Crippen molar-refractivity contribution in [1.82, 2.24) is 40.1 Å². The van der Waals surface area contributed by atoms with E-state index in [-0.39, 0.29) is 50.0 Å². The summed E-state index contributed by atoms with van der Waals surface area (Å²) in [6, 6.07) is 7.20. The van der Waals surface area contributed by atoms with E-state index < -0.39 is 47.2 Å². The smallest absolute Gasteiger partial charge is 0.324 e. The highest BCUT2D eigenvalue weighted by molar-refractivity contribution is 5.96. The van der Waals surface area contributed by atoms with Gasteiger partial charge in [0.2, 0.25) is 23.6 Å². The molecule has 64 heavy (non-hydrogen) atoms. The van der Waals surface area contributed by atoms with Crippen LogP contribution < -0.4 is 10.7 Å². The molecule has 0 saturated carbocycles. The number of pyridine rings is 1. The molecular formula is C48H62N8O8. The molecule has 7 rings (SSSR count). The summed E-state index contributed by atoms with van der Waals surface area (Å²) in [7, 11) is 3.25. The number of oxazole rings is 1. The van der Waals surface area contributed by atoms with E-state index in [0.29, 0.717) is 50.4 Å². The summed E-state index contributed by atoms with van der Waals surface area (Å²) in [5, 5.41) is 5.33. The maximum Gasteiger partial charge on any atom is 0.324 e. The van der Waals surface area contributed by atoms with E-state index in [1.807, 2.05) is 32.9 Å². The van der Waals surface area contributed by atoms with Gasteiger partial charge >= 0.3 is 5.97 Å². The fourth-order valence-corrected chi connectivity index (χ4v) is 9.47. The van der Waals surface area contributed by atoms with Crippen LogP contribution in [-0.2, 0) is 52.8 Å². The SMILES string of the molecule is C=CC(=O)N1CC[C@H](C(=O)N(C)[C@H](C(=O)N[C@H]2Cc3coc(n3)-c3ccc4c(c3)c(c(-c3cccnc3[C@H](C)OC)n4CC)CC(C)(C)COC(=O)[C@@H]3CCCN(N3)C2=O)C(C)C)C1. The maximum absolute atomic E-state index is 14.6. The number of ether oxygens (including phenoxy) is 2. The lowest BCUT2D eigenvalue weighted by Gasteiger charge is -2.36. The van der Waals surface area contributed by atoms with Gasteiger partial charge in [-0.3, -0.25) is 34.0 Å². The summed E-state index contributed by atoms with van der Waals surface area (Å²) >= 11 is 0. The minimum Gasteiger partial charge on any atom is -0.464 e. The molecule has 6 bridgehead atoms. The number of methoxy groups -OCH3 is 1. The van der Waals surface area contributed by atoms with E-state index in [1.165, 1.54) is 22.2 Å². The maximum atomic E-state index is 14.6. The van der Waals surface area contributed by atoms with Gasteiger partial charge in [0.05, 0.1) is 35.7 Å². The molecule has 0 spiro atoms.